The van der Waals surface area contributed by atoms with E-state index < -0.39 is 0 Å². The molecule has 1 rings (SSSR count). The summed E-state index contributed by atoms with van der Waals surface area (Å²) in [5, 5.41) is 3.46. The van der Waals surface area contributed by atoms with Gasteiger partial charge in [-0.25, -0.2) is 0 Å². The highest BCUT2D eigenvalue weighted by molar-refractivity contribution is 4.70. The molecule has 2 heteroatoms. The maximum Gasteiger partial charge on any atom is 0.00669 e. The van der Waals surface area contributed by atoms with Crippen LogP contribution in [0.25, 0.3) is 0 Å². The highest BCUT2D eigenvalue weighted by Crippen LogP contribution is 2.10. The van der Waals surface area contributed by atoms with Crippen molar-refractivity contribution < 1.29 is 0 Å². The molecule has 84 valence electrons. The molecule has 0 aromatic carbocycles. The molecule has 1 aliphatic heterocycles. The fourth-order valence-electron chi connectivity index (χ4n) is 2.17. The van der Waals surface area contributed by atoms with E-state index in [1.165, 1.54) is 58.3 Å². The number of rotatable bonds is 4. The fraction of sp³-hybridized carbons (Fsp3) is 1.00. The molecule has 1 unspecified atom stereocenters. The van der Waals surface area contributed by atoms with Gasteiger partial charge in [-0.3, -0.25) is 0 Å². The Morgan fingerprint density at radius 1 is 1.21 bits per heavy atom. The average Bonchev–Trinajstić information content (AvgIpc) is 2.13. The maximum atomic E-state index is 3.46. The van der Waals surface area contributed by atoms with Gasteiger partial charge in [0, 0.05) is 6.04 Å². The Bertz CT molecular complexity index is 128. The molecule has 0 spiro atoms. The van der Waals surface area contributed by atoms with Crippen molar-refractivity contribution in [3.63, 3.8) is 0 Å². The van der Waals surface area contributed by atoms with Crippen molar-refractivity contribution in [3.05, 3.63) is 0 Å². The standard InChI is InChI=1S/C12H26N2/c1-3-4-7-12(2)14-10-5-8-13-9-6-11-14/h12-13H,3-11H2,1-2H3. The highest BCUT2D eigenvalue weighted by Gasteiger charge is 2.13. The van der Waals surface area contributed by atoms with Crippen LogP contribution in [0.3, 0.4) is 0 Å². The first kappa shape index (κ1) is 12.0. The zero-order chi connectivity index (χ0) is 10.2. The lowest BCUT2D eigenvalue weighted by Crippen LogP contribution is -2.39. The molecule has 1 aliphatic rings. The van der Waals surface area contributed by atoms with Crippen LogP contribution in [-0.2, 0) is 0 Å². The molecule has 1 fully saturated rings. The Morgan fingerprint density at radius 3 is 2.43 bits per heavy atom. The van der Waals surface area contributed by atoms with Gasteiger partial charge in [-0.05, 0) is 52.4 Å². The van der Waals surface area contributed by atoms with Crippen LogP contribution in [0.1, 0.15) is 46.0 Å². The molecule has 0 saturated carbocycles. The van der Waals surface area contributed by atoms with E-state index in [1.54, 1.807) is 0 Å². The van der Waals surface area contributed by atoms with Gasteiger partial charge in [-0.1, -0.05) is 19.8 Å². The summed E-state index contributed by atoms with van der Waals surface area (Å²) in [6.07, 6.45) is 6.73. The van der Waals surface area contributed by atoms with Crippen LogP contribution in [0.15, 0.2) is 0 Å². The Hall–Kier alpha value is -0.0800. The van der Waals surface area contributed by atoms with E-state index in [0.29, 0.717) is 0 Å². The van der Waals surface area contributed by atoms with E-state index in [-0.39, 0.29) is 0 Å². The summed E-state index contributed by atoms with van der Waals surface area (Å²) in [4.78, 5) is 2.68. The second-order valence-corrected chi connectivity index (χ2v) is 4.48. The third kappa shape index (κ3) is 4.43. The van der Waals surface area contributed by atoms with Gasteiger partial charge in [-0.2, -0.15) is 0 Å². The zero-order valence-electron chi connectivity index (χ0n) is 9.89. The van der Waals surface area contributed by atoms with E-state index in [1.807, 2.05) is 0 Å². The SMILES string of the molecule is CCCCC(C)N1CCCNCCC1. The van der Waals surface area contributed by atoms with Crippen molar-refractivity contribution in [3.8, 4) is 0 Å². The Balaban J connectivity index is 2.23. The first-order valence-electron chi connectivity index (χ1n) is 6.29. The van der Waals surface area contributed by atoms with E-state index in [9.17, 15) is 0 Å². The van der Waals surface area contributed by atoms with Crippen LogP contribution in [0.4, 0.5) is 0 Å². The van der Waals surface area contributed by atoms with Gasteiger partial charge in [0.25, 0.3) is 0 Å². The van der Waals surface area contributed by atoms with Crippen molar-refractivity contribution in [1.82, 2.24) is 10.2 Å². The van der Waals surface area contributed by atoms with E-state index >= 15 is 0 Å². The van der Waals surface area contributed by atoms with E-state index in [0.717, 1.165) is 6.04 Å². The Morgan fingerprint density at radius 2 is 1.86 bits per heavy atom. The molecular weight excluding hydrogens is 172 g/mol. The van der Waals surface area contributed by atoms with Gasteiger partial charge in [0.15, 0.2) is 0 Å². The summed E-state index contributed by atoms with van der Waals surface area (Å²) in [6.45, 7) is 9.67. The first-order valence-corrected chi connectivity index (χ1v) is 6.29. The Kier molecular flexibility index (Phi) is 6.20. The van der Waals surface area contributed by atoms with Crippen molar-refractivity contribution in [2.75, 3.05) is 26.2 Å². The average molecular weight is 198 g/mol. The van der Waals surface area contributed by atoms with Crippen LogP contribution >= 0.6 is 0 Å². The lowest BCUT2D eigenvalue weighted by atomic mass is 10.1. The molecule has 0 radical (unpaired) electrons. The predicted octanol–water partition coefficient (Wildman–Crippen LogP) is 2.25. The monoisotopic (exact) mass is 198 g/mol. The van der Waals surface area contributed by atoms with Gasteiger partial charge in [0.05, 0.1) is 0 Å². The highest BCUT2D eigenvalue weighted by atomic mass is 15.2. The summed E-state index contributed by atoms with van der Waals surface area (Å²) in [5.41, 5.74) is 0. The molecule has 2 nitrogen and oxygen atoms in total. The molecule has 1 saturated heterocycles. The third-order valence-corrected chi connectivity index (χ3v) is 3.20. The van der Waals surface area contributed by atoms with Crippen LogP contribution < -0.4 is 5.32 Å². The summed E-state index contributed by atoms with van der Waals surface area (Å²) in [5.74, 6) is 0. The minimum Gasteiger partial charge on any atom is -0.317 e. The van der Waals surface area contributed by atoms with Gasteiger partial charge in [0.1, 0.15) is 0 Å². The second-order valence-electron chi connectivity index (χ2n) is 4.48. The first-order chi connectivity index (χ1) is 6.84. The Labute approximate surface area is 89.1 Å². The summed E-state index contributed by atoms with van der Waals surface area (Å²) >= 11 is 0. The van der Waals surface area contributed by atoms with E-state index in [4.69, 9.17) is 0 Å². The van der Waals surface area contributed by atoms with Gasteiger partial charge in [0.2, 0.25) is 0 Å². The predicted molar refractivity (Wildman–Crippen MR) is 62.7 cm³/mol. The number of hydrogen-bond acceptors (Lipinski definition) is 2. The number of hydrogen-bond donors (Lipinski definition) is 1. The molecule has 1 atom stereocenters. The van der Waals surface area contributed by atoms with Gasteiger partial charge in [-0.15, -0.1) is 0 Å². The molecule has 0 aromatic rings. The number of unbranched alkanes of at least 4 members (excludes halogenated alkanes) is 1. The lowest BCUT2D eigenvalue weighted by Gasteiger charge is -2.30. The molecule has 0 aliphatic carbocycles. The summed E-state index contributed by atoms with van der Waals surface area (Å²) < 4.78 is 0. The van der Waals surface area contributed by atoms with Crippen molar-refractivity contribution in [2.45, 2.75) is 52.0 Å². The smallest absolute Gasteiger partial charge is 0.00669 e. The zero-order valence-corrected chi connectivity index (χ0v) is 9.89. The molecule has 14 heavy (non-hydrogen) atoms. The van der Waals surface area contributed by atoms with E-state index in [2.05, 4.69) is 24.1 Å². The molecule has 0 bridgehead atoms. The summed E-state index contributed by atoms with van der Waals surface area (Å²) in [7, 11) is 0. The fourth-order valence-corrected chi connectivity index (χ4v) is 2.17. The molecule has 0 amide bonds. The van der Waals surface area contributed by atoms with Gasteiger partial charge >= 0.3 is 0 Å². The summed E-state index contributed by atoms with van der Waals surface area (Å²) in [6, 6.07) is 0.799. The van der Waals surface area contributed by atoms with Gasteiger partial charge < -0.3 is 10.2 Å². The largest absolute Gasteiger partial charge is 0.317 e. The quantitative estimate of drug-likeness (QED) is 0.745. The third-order valence-electron chi connectivity index (χ3n) is 3.20. The van der Waals surface area contributed by atoms with Crippen LogP contribution in [0.5, 0.6) is 0 Å². The van der Waals surface area contributed by atoms with Crippen molar-refractivity contribution >= 4 is 0 Å². The lowest BCUT2D eigenvalue weighted by molar-refractivity contribution is 0.183. The topological polar surface area (TPSA) is 15.3 Å². The normalized spacial score (nSPS) is 22.7. The van der Waals surface area contributed by atoms with Crippen LogP contribution in [-0.4, -0.2) is 37.1 Å². The number of nitrogens with one attached hydrogen (secondary N) is 1. The van der Waals surface area contributed by atoms with Crippen molar-refractivity contribution in [2.24, 2.45) is 0 Å². The molecular formula is C12H26N2. The van der Waals surface area contributed by atoms with Crippen LogP contribution in [0.2, 0.25) is 0 Å². The molecule has 1 N–H and O–H groups in total. The second kappa shape index (κ2) is 7.24. The van der Waals surface area contributed by atoms with Crippen LogP contribution in [0, 0.1) is 0 Å². The minimum absolute atomic E-state index is 0.799. The molecule has 1 heterocycles. The number of nitrogens with zero attached hydrogens (tertiary/aromatic N) is 1. The molecule has 0 aromatic heterocycles. The van der Waals surface area contributed by atoms with Crippen molar-refractivity contribution in [1.29, 1.82) is 0 Å². The maximum absolute atomic E-state index is 3.46. The minimum atomic E-state index is 0.799.